The highest BCUT2D eigenvalue weighted by Gasteiger charge is 2.43. The SMILES string of the molecule is O=C(O)C1CCC(C(CCCCC(P)CCC(C2CCC(C(=O)O)C2)C2CCC(C(=O)O)C2)C2CCC(C(=O)O)C2)C1. The van der Waals surface area contributed by atoms with Gasteiger partial charge in [-0.1, -0.05) is 12.8 Å². The van der Waals surface area contributed by atoms with E-state index in [1.54, 1.807) is 0 Å². The zero-order chi connectivity index (χ0) is 30.4. The van der Waals surface area contributed by atoms with E-state index in [0.717, 1.165) is 116 Å². The Bertz CT molecular complexity index is 890. The third-order valence-electron chi connectivity index (χ3n) is 11.9. The van der Waals surface area contributed by atoms with Crippen LogP contribution in [0.4, 0.5) is 0 Å². The summed E-state index contributed by atoms with van der Waals surface area (Å²) < 4.78 is 0. The summed E-state index contributed by atoms with van der Waals surface area (Å²) in [6, 6.07) is 0. The second-order valence-electron chi connectivity index (χ2n) is 14.4. The first-order chi connectivity index (χ1) is 20.0. The molecular formula is C33H53O8P. The summed E-state index contributed by atoms with van der Waals surface area (Å²) in [6.07, 6.45) is 16.0. The molecule has 10 unspecified atom stereocenters. The van der Waals surface area contributed by atoms with Crippen molar-refractivity contribution in [2.75, 3.05) is 0 Å². The molecule has 4 aliphatic carbocycles. The van der Waals surface area contributed by atoms with Crippen LogP contribution in [0.3, 0.4) is 0 Å². The van der Waals surface area contributed by atoms with Crippen molar-refractivity contribution in [2.45, 2.75) is 121 Å². The van der Waals surface area contributed by atoms with Crippen LogP contribution in [0.2, 0.25) is 0 Å². The molecule has 10 atom stereocenters. The minimum Gasteiger partial charge on any atom is -0.481 e. The molecule has 4 saturated carbocycles. The quantitative estimate of drug-likeness (QED) is 0.110. The van der Waals surface area contributed by atoms with Gasteiger partial charge in [0.25, 0.3) is 0 Å². The van der Waals surface area contributed by atoms with Gasteiger partial charge in [0, 0.05) is 0 Å². The van der Waals surface area contributed by atoms with E-state index in [-0.39, 0.29) is 23.7 Å². The van der Waals surface area contributed by atoms with Crippen LogP contribution in [0.15, 0.2) is 0 Å². The normalized spacial score (nSPS) is 35.2. The van der Waals surface area contributed by atoms with E-state index in [2.05, 4.69) is 9.24 Å². The second kappa shape index (κ2) is 15.3. The summed E-state index contributed by atoms with van der Waals surface area (Å²) in [4.78, 5) is 46.4. The number of carboxylic acids is 4. The number of aliphatic carboxylic acids is 4. The largest absolute Gasteiger partial charge is 0.481 e. The Kier molecular flexibility index (Phi) is 12.1. The third kappa shape index (κ3) is 8.70. The fourth-order valence-electron chi connectivity index (χ4n) is 9.57. The number of hydrogen-bond donors (Lipinski definition) is 4. The van der Waals surface area contributed by atoms with E-state index in [4.69, 9.17) is 0 Å². The minimum absolute atomic E-state index is 0.255. The number of carbonyl (C=O) groups is 4. The standard InChI is InChI=1S/C33H53O8P/c34-30(35)23-9-5-19(15-23)28(20-6-10-24(16-20)31(36)37)4-2-1-3-27(42)13-14-29(21-7-11-25(17-21)32(38)39)22-8-12-26(18-22)33(40)41/h19-29H,1-18,42H2,(H,34,35)(H,36,37)(H,38,39)(H,40,41). The maximum absolute atomic E-state index is 11.6. The van der Waals surface area contributed by atoms with Gasteiger partial charge in [-0.05, 0) is 144 Å². The molecule has 0 radical (unpaired) electrons. The van der Waals surface area contributed by atoms with Crippen LogP contribution < -0.4 is 0 Å². The van der Waals surface area contributed by atoms with Crippen LogP contribution >= 0.6 is 9.24 Å². The Balaban J connectivity index is 1.26. The van der Waals surface area contributed by atoms with E-state index in [9.17, 15) is 39.6 Å². The van der Waals surface area contributed by atoms with Gasteiger partial charge in [0.05, 0.1) is 23.7 Å². The topological polar surface area (TPSA) is 149 Å². The maximum atomic E-state index is 11.6. The van der Waals surface area contributed by atoms with Gasteiger partial charge in [0.1, 0.15) is 0 Å². The lowest BCUT2D eigenvalue weighted by Crippen LogP contribution is -2.23. The highest BCUT2D eigenvalue weighted by molar-refractivity contribution is 7.17. The number of carboxylic acid groups (broad SMARTS) is 4. The summed E-state index contributed by atoms with van der Waals surface area (Å²) in [7, 11) is 3.02. The lowest BCUT2D eigenvalue weighted by molar-refractivity contribution is -0.142. The molecule has 42 heavy (non-hydrogen) atoms. The first kappa shape index (κ1) is 33.2. The van der Waals surface area contributed by atoms with Crippen LogP contribution in [0.5, 0.6) is 0 Å². The molecule has 238 valence electrons. The van der Waals surface area contributed by atoms with Gasteiger partial charge in [0.15, 0.2) is 0 Å². The minimum atomic E-state index is -0.694. The fourth-order valence-corrected chi connectivity index (χ4v) is 10.00. The molecule has 0 spiro atoms. The molecule has 0 heterocycles. The Morgan fingerprint density at radius 3 is 1.10 bits per heavy atom. The van der Waals surface area contributed by atoms with Gasteiger partial charge in [-0.3, -0.25) is 19.2 Å². The van der Waals surface area contributed by atoms with Crippen LogP contribution in [0, 0.1) is 59.2 Å². The zero-order valence-corrected chi connectivity index (χ0v) is 26.2. The van der Waals surface area contributed by atoms with Gasteiger partial charge < -0.3 is 20.4 Å². The summed E-state index contributed by atoms with van der Waals surface area (Å²) in [5.74, 6) is -1.45. The van der Waals surface area contributed by atoms with Gasteiger partial charge in [0.2, 0.25) is 0 Å². The van der Waals surface area contributed by atoms with E-state index < -0.39 is 23.9 Å². The average Bonchev–Trinajstić information content (AvgIpc) is 3.75. The van der Waals surface area contributed by atoms with Crippen molar-refractivity contribution in [1.29, 1.82) is 0 Å². The van der Waals surface area contributed by atoms with E-state index in [1.165, 1.54) is 0 Å². The van der Waals surface area contributed by atoms with E-state index >= 15 is 0 Å². The molecule has 9 heteroatoms. The summed E-state index contributed by atoms with van der Waals surface area (Å²) in [5, 5.41) is 38.2. The molecule has 0 aromatic carbocycles. The fraction of sp³-hybridized carbons (Fsp3) is 0.879. The molecular weight excluding hydrogens is 555 g/mol. The van der Waals surface area contributed by atoms with Crippen LogP contribution in [-0.4, -0.2) is 50.0 Å². The monoisotopic (exact) mass is 608 g/mol. The summed E-state index contributed by atoms with van der Waals surface area (Å²) in [6.45, 7) is 0. The van der Waals surface area contributed by atoms with Crippen molar-refractivity contribution in [1.82, 2.24) is 0 Å². The van der Waals surface area contributed by atoms with Crippen molar-refractivity contribution in [3.8, 4) is 0 Å². The van der Waals surface area contributed by atoms with Crippen molar-refractivity contribution < 1.29 is 39.6 Å². The molecule has 4 N–H and O–H groups in total. The molecule has 8 nitrogen and oxygen atoms in total. The predicted octanol–water partition coefficient (Wildman–Crippen LogP) is 6.81. The Labute approximate surface area is 253 Å². The summed E-state index contributed by atoms with van der Waals surface area (Å²) >= 11 is 0. The zero-order valence-electron chi connectivity index (χ0n) is 25.1. The van der Waals surface area contributed by atoms with Crippen molar-refractivity contribution >= 4 is 33.1 Å². The van der Waals surface area contributed by atoms with Crippen molar-refractivity contribution in [3.63, 3.8) is 0 Å². The highest BCUT2D eigenvalue weighted by atomic mass is 31.0. The van der Waals surface area contributed by atoms with E-state index in [0.29, 0.717) is 41.2 Å². The third-order valence-corrected chi connectivity index (χ3v) is 12.6. The second-order valence-corrected chi connectivity index (χ2v) is 15.3. The smallest absolute Gasteiger partial charge is 0.306 e. The first-order valence-corrected chi connectivity index (χ1v) is 17.4. The van der Waals surface area contributed by atoms with Gasteiger partial charge in [-0.2, -0.15) is 0 Å². The van der Waals surface area contributed by atoms with Gasteiger partial charge in [-0.15, -0.1) is 9.24 Å². The number of unbranched alkanes of at least 4 members (excludes halogenated alkanes) is 1. The van der Waals surface area contributed by atoms with Gasteiger partial charge in [-0.25, -0.2) is 0 Å². The lowest BCUT2D eigenvalue weighted by atomic mass is 9.75. The van der Waals surface area contributed by atoms with Crippen LogP contribution in [0.25, 0.3) is 0 Å². The van der Waals surface area contributed by atoms with Crippen LogP contribution in [0.1, 0.15) is 116 Å². The summed E-state index contributed by atoms with van der Waals surface area (Å²) in [5.41, 5.74) is 0.463. The predicted molar refractivity (Wildman–Crippen MR) is 162 cm³/mol. The molecule has 0 bridgehead atoms. The lowest BCUT2D eigenvalue weighted by Gasteiger charge is -2.31. The molecule has 4 fully saturated rings. The molecule has 0 amide bonds. The first-order valence-electron chi connectivity index (χ1n) is 16.7. The highest BCUT2D eigenvalue weighted by Crippen LogP contribution is 2.49. The van der Waals surface area contributed by atoms with Crippen molar-refractivity contribution in [2.24, 2.45) is 59.2 Å². The Hall–Kier alpha value is -1.69. The van der Waals surface area contributed by atoms with Crippen LogP contribution in [-0.2, 0) is 19.2 Å². The average molecular weight is 609 g/mol. The number of rotatable bonds is 16. The Morgan fingerprint density at radius 2 is 0.786 bits per heavy atom. The molecule has 0 aliphatic heterocycles. The molecule has 0 saturated heterocycles. The maximum Gasteiger partial charge on any atom is 0.306 e. The molecule has 0 aromatic rings. The van der Waals surface area contributed by atoms with Gasteiger partial charge >= 0.3 is 23.9 Å². The number of hydrogen-bond acceptors (Lipinski definition) is 4. The Morgan fingerprint density at radius 1 is 0.476 bits per heavy atom. The van der Waals surface area contributed by atoms with Crippen molar-refractivity contribution in [3.05, 3.63) is 0 Å². The molecule has 4 aliphatic rings. The molecule has 0 aromatic heterocycles. The van der Waals surface area contributed by atoms with E-state index in [1.807, 2.05) is 0 Å². The molecule has 4 rings (SSSR count).